The number of ether oxygens (including phenoxy) is 2. The maximum absolute atomic E-state index is 12.2. The monoisotopic (exact) mass is 325 g/mol. The Hall–Kier alpha value is -2.76. The predicted octanol–water partition coefficient (Wildman–Crippen LogP) is 2.34. The molecule has 0 unspecified atom stereocenters. The topological polar surface area (TPSA) is 72.5 Å². The second-order valence-electron chi connectivity index (χ2n) is 6.07. The van der Waals surface area contributed by atoms with Crippen LogP contribution in [0, 0.1) is 0 Å². The molecule has 0 radical (unpaired) electrons. The minimum Gasteiger partial charge on any atom is -0.486 e. The van der Waals surface area contributed by atoms with Crippen LogP contribution in [0.3, 0.4) is 0 Å². The molecule has 2 aromatic rings. The van der Waals surface area contributed by atoms with Gasteiger partial charge >= 0.3 is 6.03 Å². The number of carbonyl (C=O) groups excluding carboxylic acids is 1. The quantitative estimate of drug-likeness (QED) is 0.905. The molecule has 0 atom stereocenters. The molecule has 24 heavy (non-hydrogen) atoms. The van der Waals surface area contributed by atoms with E-state index in [1.54, 1.807) is 6.20 Å². The van der Waals surface area contributed by atoms with Gasteiger partial charge in [-0.2, -0.15) is 0 Å². The molecular weight excluding hydrogens is 306 g/mol. The maximum Gasteiger partial charge on any atom is 0.315 e. The normalized spacial score (nSPS) is 17.0. The van der Waals surface area contributed by atoms with Crippen molar-refractivity contribution in [2.24, 2.45) is 0 Å². The highest BCUT2D eigenvalue weighted by atomic mass is 16.6. The van der Waals surface area contributed by atoms with Crippen LogP contribution in [0.25, 0.3) is 0 Å². The van der Waals surface area contributed by atoms with Gasteiger partial charge in [0.05, 0.1) is 17.8 Å². The Bertz CT molecular complexity index is 744. The number of carbonyl (C=O) groups is 1. The van der Waals surface area contributed by atoms with Crippen LogP contribution in [0.1, 0.15) is 24.1 Å². The van der Waals surface area contributed by atoms with E-state index in [0.717, 1.165) is 35.6 Å². The zero-order valence-corrected chi connectivity index (χ0v) is 13.2. The number of urea groups is 1. The summed E-state index contributed by atoms with van der Waals surface area (Å²) in [5.41, 5.74) is 1.58. The van der Waals surface area contributed by atoms with Crippen molar-refractivity contribution in [3.63, 3.8) is 0 Å². The zero-order valence-electron chi connectivity index (χ0n) is 13.2. The average Bonchev–Trinajstić information content (AvgIpc) is 3.41. The standard InChI is InChI=1S/C18H19N3O3/c22-17(20-12-14-3-1-2-8-19-14)21-18(6-7-18)13-4-5-15-16(11-13)24-10-9-23-15/h1-5,8,11H,6-7,9-10,12H2,(H2,20,21,22). The molecule has 0 spiro atoms. The van der Waals surface area contributed by atoms with Gasteiger partial charge in [0.25, 0.3) is 0 Å². The van der Waals surface area contributed by atoms with Crippen molar-refractivity contribution >= 4 is 6.03 Å². The van der Waals surface area contributed by atoms with Crippen molar-refractivity contribution in [3.8, 4) is 11.5 Å². The van der Waals surface area contributed by atoms with Gasteiger partial charge in [0.2, 0.25) is 0 Å². The molecule has 2 N–H and O–H groups in total. The molecule has 0 bridgehead atoms. The number of hydrogen-bond acceptors (Lipinski definition) is 4. The summed E-state index contributed by atoms with van der Waals surface area (Å²) in [7, 11) is 0. The van der Waals surface area contributed by atoms with Gasteiger partial charge < -0.3 is 20.1 Å². The molecule has 6 nitrogen and oxygen atoms in total. The van der Waals surface area contributed by atoms with Crippen LogP contribution < -0.4 is 20.1 Å². The molecule has 2 heterocycles. The van der Waals surface area contributed by atoms with Gasteiger partial charge in [0.15, 0.2) is 11.5 Å². The summed E-state index contributed by atoms with van der Waals surface area (Å²) in [4.78, 5) is 16.4. The van der Waals surface area contributed by atoms with Gasteiger partial charge in [-0.1, -0.05) is 12.1 Å². The summed E-state index contributed by atoms with van der Waals surface area (Å²) >= 11 is 0. The Morgan fingerprint density at radius 1 is 1.12 bits per heavy atom. The molecule has 124 valence electrons. The minimum atomic E-state index is -0.302. The van der Waals surface area contributed by atoms with Gasteiger partial charge in [0.1, 0.15) is 13.2 Å². The van der Waals surface area contributed by atoms with E-state index in [9.17, 15) is 4.79 Å². The first-order valence-corrected chi connectivity index (χ1v) is 8.11. The van der Waals surface area contributed by atoms with E-state index in [1.807, 2.05) is 36.4 Å². The van der Waals surface area contributed by atoms with E-state index in [2.05, 4.69) is 15.6 Å². The number of amides is 2. The number of pyridine rings is 1. The van der Waals surface area contributed by atoms with Crippen LogP contribution in [-0.2, 0) is 12.1 Å². The highest BCUT2D eigenvalue weighted by Gasteiger charge is 2.46. The van der Waals surface area contributed by atoms with Crippen LogP contribution in [-0.4, -0.2) is 24.2 Å². The lowest BCUT2D eigenvalue weighted by Gasteiger charge is -2.23. The number of fused-ring (bicyclic) bond motifs is 1. The fourth-order valence-electron chi connectivity index (χ4n) is 2.89. The van der Waals surface area contributed by atoms with Gasteiger partial charge in [-0.15, -0.1) is 0 Å². The van der Waals surface area contributed by atoms with Crippen LogP contribution in [0.2, 0.25) is 0 Å². The van der Waals surface area contributed by atoms with Crippen molar-refractivity contribution in [2.45, 2.75) is 24.9 Å². The molecule has 0 saturated heterocycles. The first kappa shape index (κ1) is 14.8. The van der Waals surface area contributed by atoms with Gasteiger partial charge in [-0.3, -0.25) is 4.98 Å². The highest BCUT2D eigenvalue weighted by molar-refractivity contribution is 5.75. The van der Waals surface area contributed by atoms with Crippen molar-refractivity contribution < 1.29 is 14.3 Å². The third kappa shape index (κ3) is 2.99. The molecule has 2 aliphatic rings. The Morgan fingerprint density at radius 3 is 2.71 bits per heavy atom. The molecular formula is C18H19N3O3. The highest BCUT2D eigenvalue weighted by Crippen LogP contribution is 2.47. The first-order chi connectivity index (χ1) is 11.8. The van der Waals surface area contributed by atoms with Crippen molar-refractivity contribution in [1.82, 2.24) is 15.6 Å². The summed E-state index contributed by atoms with van der Waals surface area (Å²) in [6.07, 6.45) is 3.56. The van der Waals surface area contributed by atoms with Crippen molar-refractivity contribution in [3.05, 3.63) is 53.9 Å². The Morgan fingerprint density at radius 2 is 1.96 bits per heavy atom. The predicted molar refractivity (Wildman–Crippen MR) is 88.0 cm³/mol. The molecule has 1 aromatic heterocycles. The summed E-state index contributed by atoms with van der Waals surface area (Å²) in [5, 5.41) is 5.95. The lowest BCUT2D eigenvalue weighted by Crippen LogP contribution is -2.42. The maximum atomic E-state index is 12.2. The number of nitrogens with zero attached hydrogens (tertiary/aromatic N) is 1. The summed E-state index contributed by atoms with van der Waals surface area (Å²) < 4.78 is 11.2. The second kappa shape index (κ2) is 6.03. The Balaban J connectivity index is 1.41. The molecule has 1 aliphatic carbocycles. The molecule has 1 fully saturated rings. The van der Waals surface area contributed by atoms with E-state index < -0.39 is 0 Å². The van der Waals surface area contributed by atoms with Gasteiger partial charge in [-0.05, 0) is 42.7 Å². The van der Waals surface area contributed by atoms with E-state index >= 15 is 0 Å². The number of benzene rings is 1. The van der Waals surface area contributed by atoms with Crippen LogP contribution in [0.4, 0.5) is 4.79 Å². The van der Waals surface area contributed by atoms with E-state index in [1.165, 1.54) is 0 Å². The third-order valence-corrected chi connectivity index (χ3v) is 4.35. The van der Waals surface area contributed by atoms with Crippen LogP contribution in [0.15, 0.2) is 42.6 Å². The third-order valence-electron chi connectivity index (χ3n) is 4.35. The Labute approximate surface area is 140 Å². The van der Waals surface area contributed by atoms with Crippen molar-refractivity contribution in [1.29, 1.82) is 0 Å². The van der Waals surface area contributed by atoms with Crippen LogP contribution in [0.5, 0.6) is 11.5 Å². The average molecular weight is 325 g/mol. The number of rotatable bonds is 4. The van der Waals surface area contributed by atoms with E-state index in [4.69, 9.17) is 9.47 Å². The fourth-order valence-corrected chi connectivity index (χ4v) is 2.89. The number of nitrogens with one attached hydrogen (secondary N) is 2. The summed E-state index contributed by atoms with van der Waals surface area (Å²) in [5.74, 6) is 1.51. The lowest BCUT2D eigenvalue weighted by molar-refractivity contribution is 0.171. The largest absolute Gasteiger partial charge is 0.486 e. The first-order valence-electron chi connectivity index (χ1n) is 8.11. The van der Waals surface area contributed by atoms with Gasteiger partial charge in [0, 0.05) is 6.20 Å². The lowest BCUT2D eigenvalue weighted by atomic mass is 10.0. The molecule has 1 saturated carbocycles. The molecule has 1 aliphatic heterocycles. The fraction of sp³-hybridized carbons (Fsp3) is 0.333. The number of aromatic nitrogens is 1. The van der Waals surface area contributed by atoms with Gasteiger partial charge in [-0.25, -0.2) is 4.79 Å². The summed E-state index contributed by atoms with van der Waals surface area (Å²) in [6, 6.07) is 11.3. The van der Waals surface area contributed by atoms with Crippen LogP contribution >= 0.6 is 0 Å². The second-order valence-corrected chi connectivity index (χ2v) is 6.07. The molecule has 2 amide bonds. The van der Waals surface area contributed by atoms with E-state index in [-0.39, 0.29) is 11.6 Å². The molecule has 1 aromatic carbocycles. The Kier molecular flexibility index (Phi) is 3.72. The smallest absolute Gasteiger partial charge is 0.315 e. The zero-order chi connectivity index (χ0) is 16.4. The van der Waals surface area contributed by atoms with Crippen molar-refractivity contribution in [2.75, 3.05) is 13.2 Å². The molecule has 4 rings (SSSR count). The molecule has 6 heteroatoms. The van der Waals surface area contributed by atoms with E-state index in [0.29, 0.717) is 19.8 Å². The number of hydrogen-bond donors (Lipinski definition) is 2. The minimum absolute atomic E-state index is 0.187. The SMILES string of the molecule is O=C(NCc1ccccn1)NC1(c2ccc3c(c2)OCCO3)CC1. The summed E-state index contributed by atoms with van der Waals surface area (Å²) in [6.45, 7) is 1.54.